The van der Waals surface area contributed by atoms with Crippen LogP contribution in [0.5, 0.6) is 0 Å². The Morgan fingerprint density at radius 1 is 0.839 bits per heavy atom. The van der Waals surface area contributed by atoms with Crippen LogP contribution < -0.4 is 0 Å². The summed E-state index contributed by atoms with van der Waals surface area (Å²) < 4.78 is 11.3. The van der Waals surface area contributed by atoms with Gasteiger partial charge in [0.1, 0.15) is 17.3 Å². The first-order valence-electron chi connectivity index (χ1n) is 9.12. The Hall–Kier alpha value is -3.54. The molecule has 2 aromatic carbocycles. The van der Waals surface area contributed by atoms with Gasteiger partial charge in [0.05, 0.1) is 15.6 Å². The Morgan fingerprint density at radius 2 is 1.58 bits per heavy atom. The van der Waals surface area contributed by atoms with Gasteiger partial charge in [0.25, 0.3) is 0 Å². The second kappa shape index (κ2) is 8.68. The van der Waals surface area contributed by atoms with Gasteiger partial charge in [-0.3, -0.25) is 4.79 Å². The topological polar surface area (TPSA) is 80.6 Å². The molecular weight excluding hydrogens is 439 g/mol. The lowest BCUT2D eigenvalue weighted by Crippen LogP contribution is -1.94. The number of furan rings is 2. The van der Waals surface area contributed by atoms with Crippen molar-refractivity contribution in [2.75, 3.05) is 0 Å². The van der Waals surface area contributed by atoms with E-state index in [9.17, 15) is 9.59 Å². The fourth-order valence-electron chi connectivity index (χ4n) is 2.92. The normalized spacial score (nSPS) is 11.2. The molecule has 0 saturated carbocycles. The van der Waals surface area contributed by atoms with Gasteiger partial charge in [-0.05, 0) is 60.7 Å². The van der Waals surface area contributed by atoms with Gasteiger partial charge >= 0.3 is 5.97 Å². The van der Waals surface area contributed by atoms with Crippen molar-refractivity contribution in [2.45, 2.75) is 0 Å². The van der Waals surface area contributed by atoms with E-state index in [2.05, 4.69) is 0 Å². The molecule has 5 nitrogen and oxygen atoms in total. The summed E-state index contributed by atoms with van der Waals surface area (Å²) in [4.78, 5) is 23.4. The molecule has 0 atom stereocenters. The van der Waals surface area contributed by atoms with Crippen molar-refractivity contribution in [3.8, 4) is 22.6 Å². The molecule has 7 heteroatoms. The van der Waals surface area contributed by atoms with Crippen LogP contribution >= 0.6 is 23.2 Å². The van der Waals surface area contributed by atoms with E-state index >= 15 is 0 Å². The second-order valence-electron chi connectivity index (χ2n) is 6.55. The minimum Gasteiger partial charge on any atom is -0.478 e. The first-order valence-corrected chi connectivity index (χ1v) is 9.88. The highest BCUT2D eigenvalue weighted by molar-refractivity contribution is 6.43. The molecule has 1 N–H and O–H groups in total. The third-order valence-corrected chi connectivity index (χ3v) is 5.33. The van der Waals surface area contributed by atoms with Crippen LogP contribution in [0.3, 0.4) is 0 Å². The third kappa shape index (κ3) is 4.48. The third-order valence-electron chi connectivity index (χ3n) is 4.51. The smallest absolute Gasteiger partial charge is 0.335 e. The predicted molar refractivity (Wildman–Crippen MR) is 119 cm³/mol. The molecule has 0 radical (unpaired) electrons. The SMILES string of the molecule is O=C(O)c1ccc(-c2ccc(C=CC(=O)c3ccc(-c4cccc(Cl)c4Cl)o3)o2)cc1. The highest BCUT2D eigenvalue weighted by atomic mass is 35.5. The van der Waals surface area contributed by atoms with Crippen molar-refractivity contribution in [2.24, 2.45) is 0 Å². The van der Waals surface area contributed by atoms with Crippen molar-refractivity contribution < 1.29 is 23.5 Å². The van der Waals surface area contributed by atoms with E-state index in [1.54, 1.807) is 54.6 Å². The van der Waals surface area contributed by atoms with Gasteiger partial charge in [-0.2, -0.15) is 0 Å². The lowest BCUT2D eigenvalue weighted by molar-refractivity contribution is 0.0696. The maximum atomic E-state index is 12.5. The Labute approximate surface area is 187 Å². The average Bonchev–Trinajstić information content (AvgIpc) is 3.44. The van der Waals surface area contributed by atoms with Crippen LogP contribution in [0.4, 0.5) is 0 Å². The summed E-state index contributed by atoms with van der Waals surface area (Å²) in [6, 6.07) is 18.2. The molecule has 154 valence electrons. The van der Waals surface area contributed by atoms with Crippen LogP contribution in [0.15, 0.2) is 81.6 Å². The summed E-state index contributed by atoms with van der Waals surface area (Å²) in [7, 11) is 0. The monoisotopic (exact) mass is 452 g/mol. The first kappa shape index (κ1) is 20.7. The Bertz CT molecular complexity index is 1300. The summed E-state index contributed by atoms with van der Waals surface area (Å²) >= 11 is 12.2. The first-order chi connectivity index (χ1) is 14.9. The lowest BCUT2D eigenvalue weighted by atomic mass is 10.1. The molecule has 0 fully saturated rings. The summed E-state index contributed by atoms with van der Waals surface area (Å²) in [5.74, 6) is 0.280. The zero-order valence-corrected chi connectivity index (χ0v) is 17.4. The van der Waals surface area contributed by atoms with Crippen molar-refractivity contribution in [1.29, 1.82) is 0 Å². The Balaban J connectivity index is 1.48. The number of benzene rings is 2. The van der Waals surface area contributed by atoms with Gasteiger partial charge < -0.3 is 13.9 Å². The molecular formula is C24H14Cl2O5. The average molecular weight is 453 g/mol. The van der Waals surface area contributed by atoms with E-state index in [-0.39, 0.29) is 17.1 Å². The van der Waals surface area contributed by atoms with E-state index in [1.165, 1.54) is 24.3 Å². The zero-order valence-electron chi connectivity index (χ0n) is 15.8. The molecule has 0 unspecified atom stereocenters. The van der Waals surface area contributed by atoms with Crippen LogP contribution in [0.25, 0.3) is 28.7 Å². The Kier molecular flexibility index (Phi) is 5.80. The van der Waals surface area contributed by atoms with Gasteiger partial charge in [0.15, 0.2) is 5.76 Å². The number of rotatable bonds is 6. The highest BCUT2D eigenvalue weighted by Gasteiger charge is 2.14. The lowest BCUT2D eigenvalue weighted by Gasteiger charge is -2.01. The van der Waals surface area contributed by atoms with Gasteiger partial charge in [-0.25, -0.2) is 4.79 Å². The largest absolute Gasteiger partial charge is 0.478 e. The number of carboxylic acid groups (broad SMARTS) is 1. The van der Waals surface area contributed by atoms with Gasteiger partial charge in [-0.15, -0.1) is 0 Å². The van der Waals surface area contributed by atoms with E-state index in [0.717, 1.165) is 5.56 Å². The van der Waals surface area contributed by atoms with Crippen molar-refractivity contribution >= 4 is 41.0 Å². The molecule has 0 bridgehead atoms. The molecule has 0 spiro atoms. The van der Waals surface area contributed by atoms with Crippen LogP contribution in [0.1, 0.15) is 26.7 Å². The van der Waals surface area contributed by atoms with Crippen LogP contribution in [-0.2, 0) is 0 Å². The maximum Gasteiger partial charge on any atom is 0.335 e. The Morgan fingerprint density at radius 3 is 2.32 bits per heavy atom. The van der Waals surface area contributed by atoms with E-state index < -0.39 is 5.97 Å². The van der Waals surface area contributed by atoms with E-state index in [0.29, 0.717) is 32.9 Å². The van der Waals surface area contributed by atoms with E-state index in [1.807, 2.05) is 0 Å². The second-order valence-corrected chi connectivity index (χ2v) is 7.33. The van der Waals surface area contributed by atoms with Gasteiger partial charge in [-0.1, -0.05) is 41.4 Å². The number of hydrogen-bond acceptors (Lipinski definition) is 4. The number of carboxylic acids is 1. The van der Waals surface area contributed by atoms with E-state index in [4.69, 9.17) is 37.1 Å². The van der Waals surface area contributed by atoms with Crippen LogP contribution in [0, 0.1) is 0 Å². The molecule has 4 rings (SSSR count). The van der Waals surface area contributed by atoms with Crippen molar-refractivity contribution in [3.05, 3.63) is 99.9 Å². The molecule has 0 aliphatic carbocycles. The number of carbonyl (C=O) groups excluding carboxylic acids is 1. The van der Waals surface area contributed by atoms with Crippen LogP contribution in [0.2, 0.25) is 10.0 Å². The summed E-state index contributed by atoms with van der Waals surface area (Å²) in [6.45, 7) is 0. The number of halogens is 2. The number of allylic oxidation sites excluding steroid dienone is 1. The minimum absolute atomic E-state index is 0.151. The number of ketones is 1. The fraction of sp³-hybridized carbons (Fsp3) is 0. The molecule has 2 heterocycles. The van der Waals surface area contributed by atoms with Crippen LogP contribution in [-0.4, -0.2) is 16.9 Å². The maximum absolute atomic E-state index is 12.5. The summed E-state index contributed by atoms with van der Waals surface area (Å²) in [5.41, 5.74) is 1.52. The molecule has 0 amide bonds. The quantitative estimate of drug-likeness (QED) is 0.249. The number of hydrogen-bond donors (Lipinski definition) is 1. The summed E-state index contributed by atoms with van der Waals surface area (Å²) in [5, 5.41) is 9.73. The van der Waals surface area contributed by atoms with Crippen molar-refractivity contribution in [1.82, 2.24) is 0 Å². The fourth-order valence-corrected chi connectivity index (χ4v) is 3.32. The van der Waals surface area contributed by atoms with Gasteiger partial charge in [0.2, 0.25) is 5.78 Å². The molecule has 0 aliphatic rings. The minimum atomic E-state index is -0.994. The summed E-state index contributed by atoms with van der Waals surface area (Å²) in [6.07, 6.45) is 2.88. The zero-order chi connectivity index (χ0) is 22.0. The highest BCUT2D eigenvalue weighted by Crippen LogP contribution is 2.34. The molecule has 4 aromatic rings. The predicted octanol–water partition coefficient (Wildman–Crippen LogP) is 7.11. The molecule has 31 heavy (non-hydrogen) atoms. The standard InChI is InChI=1S/C24H14Cl2O5/c25-18-3-1-2-17(23(18)26)21-12-13-22(31-21)19(27)10-8-16-9-11-20(30-16)14-4-6-15(7-5-14)24(28)29/h1-13H,(H,28,29). The number of aromatic carboxylic acids is 1. The molecule has 0 saturated heterocycles. The molecule has 2 aromatic heterocycles. The molecule has 0 aliphatic heterocycles. The van der Waals surface area contributed by atoms with Crippen molar-refractivity contribution in [3.63, 3.8) is 0 Å². The van der Waals surface area contributed by atoms with Gasteiger partial charge in [0, 0.05) is 11.1 Å². The number of carbonyl (C=O) groups is 2.